The Morgan fingerprint density at radius 1 is 1.03 bits per heavy atom. The number of carbonyl (C=O) groups excluding carboxylic acids is 1. The number of nitrogens with one attached hydrogen (secondary N) is 1. The van der Waals surface area contributed by atoms with Gasteiger partial charge in [0.25, 0.3) is 0 Å². The molecule has 2 aromatic heterocycles. The van der Waals surface area contributed by atoms with Crippen LogP contribution in [0.2, 0.25) is 0 Å². The average molecular weight is 413 g/mol. The minimum absolute atomic E-state index is 0.284. The average Bonchev–Trinajstić information content (AvgIpc) is 3.21. The summed E-state index contributed by atoms with van der Waals surface area (Å²) in [6.07, 6.45) is 6.30. The summed E-state index contributed by atoms with van der Waals surface area (Å²) in [5.74, 6) is 2.13. The van der Waals surface area contributed by atoms with Crippen molar-refractivity contribution < 1.29 is 4.79 Å². The Bertz CT molecular complexity index is 865. The maximum absolute atomic E-state index is 12.5. The highest BCUT2D eigenvalue weighted by atomic mass is 16.2. The number of piperidine rings is 1. The largest absolute Gasteiger partial charge is 0.356 e. The van der Waals surface area contributed by atoms with Gasteiger partial charge in [-0.25, -0.2) is 0 Å². The van der Waals surface area contributed by atoms with Crippen molar-refractivity contribution in [3.8, 4) is 0 Å². The molecule has 1 N–H and O–H groups in total. The fourth-order valence-corrected chi connectivity index (χ4v) is 4.23. The Morgan fingerprint density at radius 3 is 2.60 bits per heavy atom. The van der Waals surface area contributed by atoms with Gasteiger partial charge < -0.3 is 15.1 Å². The number of carbonyl (C=O) groups is 1. The highest BCUT2D eigenvalue weighted by Crippen LogP contribution is 2.10. The fourth-order valence-electron chi connectivity index (χ4n) is 4.23. The highest BCUT2D eigenvalue weighted by Gasteiger charge is 2.24. The second kappa shape index (κ2) is 9.88. The molecule has 0 aromatic carbocycles. The van der Waals surface area contributed by atoms with E-state index in [-0.39, 0.29) is 5.91 Å². The Kier molecular flexibility index (Phi) is 6.78. The topological polar surface area (TPSA) is 81.4 Å². The van der Waals surface area contributed by atoms with E-state index >= 15 is 0 Å². The lowest BCUT2D eigenvalue weighted by Gasteiger charge is -2.37. The van der Waals surface area contributed by atoms with Crippen LogP contribution in [-0.4, -0.2) is 101 Å². The molecule has 0 unspecified atom stereocenters. The van der Waals surface area contributed by atoms with Gasteiger partial charge in [-0.3, -0.25) is 19.1 Å². The predicted molar refractivity (Wildman–Crippen MR) is 116 cm³/mol. The molecule has 0 aliphatic carbocycles. The number of aliphatic imine (C=N–C) groups is 1. The minimum atomic E-state index is 0.284. The number of aromatic nitrogens is 3. The third-order valence-electron chi connectivity index (χ3n) is 5.97. The van der Waals surface area contributed by atoms with Crippen molar-refractivity contribution in [2.45, 2.75) is 25.7 Å². The van der Waals surface area contributed by atoms with Crippen LogP contribution in [0.25, 0.3) is 5.65 Å². The third-order valence-corrected chi connectivity index (χ3v) is 5.97. The summed E-state index contributed by atoms with van der Waals surface area (Å²) in [6.45, 7) is 6.66. The molecule has 0 saturated carbocycles. The molecule has 4 rings (SSSR count). The first kappa shape index (κ1) is 20.6. The van der Waals surface area contributed by atoms with E-state index in [0.29, 0.717) is 6.54 Å². The molecular weight excluding hydrogens is 380 g/mol. The molecule has 162 valence electrons. The number of guanidine groups is 1. The molecule has 2 aromatic rings. The molecule has 9 heteroatoms. The second-order valence-corrected chi connectivity index (χ2v) is 7.97. The zero-order valence-electron chi connectivity index (χ0n) is 17.8. The number of pyridine rings is 1. The van der Waals surface area contributed by atoms with E-state index in [1.54, 1.807) is 0 Å². The summed E-state index contributed by atoms with van der Waals surface area (Å²) < 4.78 is 2.02. The standard InChI is InChI=1S/C21H32N8O/c1-22-21(23-9-8-19-25-24-18-7-3-6-12-29(18)19)28-15-13-26(14-16-28)17-20(30)27-10-4-2-5-11-27/h3,6-7,12H,2,4-5,8-11,13-17H2,1H3,(H,22,23). The van der Waals surface area contributed by atoms with E-state index in [1.165, 1.54) is 6.42 Å². The van der Waals surface area contributed by atoms with Crippen LogP contribution >= 0.6 is 0 Å². The quantitative estimate of drug-likeness (QED) is 0.568. The van der Waals surface area contributed by atoms with Crippen molar-refractivity contribution >= 4 is 17.5 Å². The van der Waals surface area contributed by atoms with Gasteiger partial charge in [0.15, 0.2) is 11.6 Å². The van der Waals surface area contributed by atoms with Gasteiger partial charge in [0, 0.05) is 65.5 Å². The molecule has 0 atom stereocenters. The van der Waals surface area contributed by atoms with E-state index in [4.69, 9.17) is 0 Å². The molecule has 1 amide bonds. The number of piperazine rings is 1. The van der Waals surface area contributed by atoms with Crippen LogP contribution in [0.3, 0.4) is 0 Å². The number of fused-ring (bicyclic) bond motifs is 1. The summed E-state index contributed by atoms with van der Waals surface area (Å²) in [5.41, 5.74) is 0.868. The van der Waals surface area contributed by atoms with Gasteiger partial charge in [0.2, 0.25) is 5.91 Å². The Labute approximate surface area is 177 Å². The number of amides is 1. The van der Waals surface area contributed by atoms with Crippen LogP contribution in [0, 0.1) is 0 Å². The highest BCUT2D eigenvalue weighted by molar-refractivity contribution is 5.80. The lowest BCUT2D eigenvalue weighted by Crippen LogP contribution is -2.54. The van der Waals surface area contributed by atoms with Crippen molar-refractivity contribution in [3.05, 3.63) is 30.2 Å². The maximum atomic E-state index is 12.5. The van der Waals surface area contributed by atoms with Crippen molar-refractivity contribution in [1.29, 1.82) is 0 Å². The molecule has 2 fully saturated rings. The lowest BCUT2D eigenvalue weighted by atomic mass is 10.1. The zero-order chi connectivity index (χ0) is 20.8. The van der Waals surface area contributed by atoms with E-state index < -0.39 is 0 Å². The molecule has 2 aliphatic rings. The maximum Gasteiger partial charge on any atom is 0.236 e. The van der Waals surface area contributed by atoms with Crippen LogP contribution in [0.5, 0.6) is 0 Å². The first-order chi connectivity index (χ1) is 14.7. The van der Waals surface area contributed by atoms with Gasteiger partial charge in [-0.1, -0.05) is 6.07 Å². The molecular formula is C21H32N8O. The molecule has 0 radical (unpaired) electrons. The molecule has 4 heterocycles. The van der Waals surface area contributed by atoms with Crippen LogP contribution < -0.4 is 5.32 Å². The summed E-state index contributed by atoms with van der Waals surface area (Å²) in [5, 5.41) is 11.9. The normalized spacial score (nSPS) is 18.8. The number of rotatable bonds is 5. The van der Waals surface area contributed by atoms with E-state index in [2.05, 4.69) is 30.3 Å². The Morgan fingerprint density at radius 2 is 1.83 bits per heavy atom. The number of nitrogens with zero attached hydrogens (tertiary/aromatic N) is 7. The molecule has 2 aliphatic heterocycles. The number of likely N-dealkylation sites (tertiary alicyclic amines) is 1. The van der Waals surface area contributed by atoms with Crippen molar-refractivity contribution in [1.82, 2.24) is 34.6 Å². The van der Waals surface area contributed by atoms with Crippen LogP contribution in [-0.2, 0) is 11.2 Å². The van der Waals surface area contributed by atoms with Gasteiger partial charge in [-0.05, 0) is 31.4 Å². The van der Waals surface area contributed by atoms with E-state index in [1.807, 2.05) is 40.7 Å². The van der Waals surface area contributed by atoms with Crippen molar-refractivity contribution in [2.24, 2.45) is 4.99 Å². The van der Waals surface area contributed by atoms with E-state index in [0.717, 1.165) is 82.5 Å². The van der Waals surface area contributed by atoms with Crippen molar-refractivity contribution in [2.75, 3.05) is 59.4 Å². The summed E-state index contributed by atoms with van der Waals surface area (Å²) in [4.78, 5) is 23.5. The van der Waals surface area contributed by atoms with Crippen molar-refractivity contribution in [3.63, 3.8) is 0 Å². The lowest BCUT2D eigenvalue weighted by molar-refractivity contribution is -0.133. The first-order valence-electron chi connectivity index (χ1n) is 11.0. The number of hydrogen-bond acceptors (Lipinski definition) is 5. The monoisotopic (exact) mass is 412 g/mol. The fraction of sp³-hybridized carbons (Fsp3) is 0.619. The molecule has 0 spiro atoms. The first-order valence-corrected chi connectivity index (χ1v) is 11.0. The van der Waals surface area contributed by atoms with Crippen LogP contribution in [0.4, 0.5) is 0 Å². The molecule has 0 bridgehead atoms. The Balaban J connectivity index is 1.21. The van der Waals surface area contributed by atoms with Crippen LogP contribution in [0.1, 0.15) is 25.1 Å². The SMILES string of the molecule is CN=C(NCCc1nnc2ccccn12)N1CCN(CC(=O)N2CCCCC2)CC1. The molecule has 2 saturated heterocycles. The molecule has 9 nitrogen and oxygen atoms in total. The molecule has 30 heavy (non-hydrogen) atoms. The van der Waals surface area contributed by atoms with E-state index in [9.17, 15) is 4.79 Å². The Hall–Kier alpha value is -2.68. The van der Waals surface area contributed by atoms with Gasteiger partial charge in [-0.15, -0.1) is 10.2 Å². The summed E-state index contributed by atoms with van der Waals surface area (Å²) in [7, 11) is 1.82. The zero-order valence-corrected chi connectivity index (χ0v) is 17.8. The summed E-state index contributed by atoms with van der Waals surface area (Å²) >= 11 is 0. The summed E-state index contributed by atoms with van der Waals surface area (Å²) in [6, 6.07) is 5.91. The van der Waals surface area contributed by atoms with Gasteiger partial charge in [0.1, 0.15) is 5.82 Å². The van der Waals surface area contributed by atoms with Gasteiger partial charge >= 0.3 is 0 Å². The van der Waals surface area contributed by atoms with Gasteiger partial charge in [-0.2, -0.15) is 0 Å². The minimum Gasteiger partial charge on any atom is -0.356 e. The van der Waals surface area contributed by atoms with Gasteiger partial charge in [0.05, 0.1) is 6.54 Å². The second-order valence-electron chi connectivity index (χ2n) is 7.97. The predicted octanol–water partition coefficient (Wildman–Crippen LogP) is 0.477. The third kappa shape index (κ3) is 4.89. The number of hydrogen-bond donors (Lipinski definition) is 1. The van der Waals surface area contributed by atoms with Crippen LogP contribution in [0.15, 0.2) is 29.4 Å². The smallest absolute Gasteiger partial charge is 0.236 e.